The first-order valence-corrected chi connectivity index (χ1v) is 10.1. The molecule has 0 N–H and O–H groups in total. The molecule has 0 heterocycles. The molecule has 0 spiro atoms. The molecule has 0 heteroatoms. The zero-order valence-corrected chi connectivity index (χ0v) is 17.2. The molecule has 0 aliphatic carbocycles. The molecule has 140 valence electrons. The monoisotopic (exact) mass is 356 g/mol. The maximum atomic E-state index is 2.45. The molecule has 27 heavy (non-hydrogen) atoms. The molecule has 0 aliphatic rings. The van der Waals surface area contributed by atoms with Gasteiger partial charge in [-0.2, -0.15) is 0 Å². The van der Waals surface area contributed by atoms with Gasteiger partial charge >= 0.3 is 0 Å². The molecule has 0 radical (unpaired) electrons. The summed E-state index contributed by atoms with van der Waals surface area (Å²) in [6.45, 7) is 9.59. The Kier molecular flexibility index (Phi) is 5.85. The highest BCUT2D eigenvalue weighted by atomic mass is 14.4. The van der Waals surface area contributed by atoms with Gasteiger partial charge in [-0.05, 0) is 46.3 Å². The van der Waals surface area contributed by atoms with Crippen LogP contribution in [0.25, 0.3) is 0 Å². The van der Waals surface area contributed by atoms with Crippen LogP contribution in [-0.2, 0) is 10.8 Å². The SMILES string of the molecule is CC(CC(C)(CC(C)(C)c1ccccc1)c1ccccc1)c1ccccc1. The molecule has 3 aromatic rings. The molecule has 0 aliphatic heterocycles. The molecule has 2 atom stereocenters. The third-order valence-corrected chi connectivity index (χ3v) is 5.98. The molecule has 0 saturated heterocycles. The molecule has 0 saturated carbocycles. The van der Waals surface area contributed by atoms with Crippen LogP contribution in [0.4, 0.5) is 0 Å². The third-order valence-electron chi connectivity index (χ3n) is 5.98. The second-order valence-corrected chi connectivity index (χ2v) is 8.87. The topological polar surface area (TPSA) is 0 Å². The van der Waals surface area contributed by atoms with Crippen molar-refractivity contribution in [1.29, 1.82) is 0 Å². The fourth-order valence-corrected chi connectivity index (χ4v) is 4.67. The Morgan fingerprint density at radius 2 is 1.07 bits per heavy atom. The Hall–Kier alpha value is -2.34. The maximum Gasteiger partial charge on any atom is -0.00613 e. The quantitative estimate of drug-likeness (QED) is 0.411. The van der Waals surface area contributed by atoms with Crippen LogP contribution < -0.4 is 0 Å². The first kappa shape index (κ1) is 19.4. The van der Waals surface area contributed by atoms with Crippen LogP contribution in [0.5, 0.6) is 0 Å². The summed E-state index contributed by atoms with van der Waals surface area (Å²) in [6, 6.07) is 33.0. The maximum absolute atomic E-state index is 2.45. The van der Waals surface area contributed by atoms with E-state index in [1.54, 1.807) is 0 Å². The Morgan fingerprint density at radius 3 is 1.59 bits per heavy atom. The average molecular weight is 357 g/mol. The highest BCUT2D eigenvalue weighted by molar-refractivity contribution is 5.31. The van der Waals surface area contributed by atoms with Crippen molar-refractivity contribution in [3.8, 4) is 0 Å². The summed E-state index contributed by atoms with van der Waals surface area (Å²) in [5.41, 5.74) is 4.51. The van der Waals surface area contributed by atoms with Crippen molar-refractivity contribution in [2.24, 2.45) is 0 Å². The van der Waals surface area contributed by atoms with Crippen LogP contribution in [0.1, 0.15) is 63.1 Å². The Morgan fingerprint density at radius 1 is 0.630 bits per heavy atom. The highest BCUT2D eigenvalue weighted by Gasteiger charge is 2.36. The molecule has 2 unspecified atom stereocenters. The minimum Gasteiger partial charge on any atom is -0.0622 e. The summed E-state index contributed by atoms with van der Waals surface area (Å²) >= 11 is 0. The molecular formula is C27H32. The fraction of sp³-hybridized carbons (Fsp3) is 0.333. The summed E-state index contributed by atoms with van der Waals surface area (Å²) in [7, 11) is 0. The number of hydrogen-bond acceptors (Lipinski definition) is 0. The predicted octanol–water partition coefficient (Wildman–Crippen LogP) is 7.51. The van der Waals surface area contributed by atoms with Crippen LogP contribution >= 0.6 is 0 Å². The van der Waals surface area contributed by atoms with E-state index >= 15 is 0 Å². The Bertz CT molecular complexity index is 818. The van der Waals surface area contributed by atoms with Gasteiger partial charge in [0.05, 0.1) is 0 Å². The van der Waals surface area contributed by atoms with E-state index in [0.717, 1.165) is 12.8 Å². The summed E-state index contributed by atoms with van der Waals surface area (Å²) in [5, 5.41) is 0. The van der Waals surface area contributed by atoms with E-state index in [9.17, 15) is 0 Å². The van der Waals surface area contributed by atoms with E-state index in [1.165, 1.54) is 16.7 Å². The molecule has 0 nitrogen and oxygen atoms in total. The molecule has 0 fully saturated rings. The summed E-state index contributed by atoms with van der Waals surface area (Å²) in [5.74, 6) is 0.517. The van der Waals surface area contributed by atoms with Crippen LogP contribution in [0.15, 0.2) is 91.0 Å². The molecule has 0 aromatic heterocycles. The minimum absolute atomic E-state index is 0.107. The summed E-state index contributed by atoms with van der Waals surface area (Å²) in [4.78, 5) is 0. The van der Waals surface area contributed by atoms with Gasteiger partial charge in [0.1, 0.15) is 0 Å². The zero-order valence-electron chi connectivity index (χ0n) is 17.2. The standard InChI is InChI=1S/C27H32/c1-22(23-14-8-5-9-15-23)20-27(4,25-18-12-7-13-19-25)21-26(2,3)24-16-10-6-11-17-24/h5-19,22H,20-21H2,1-4H3. The van der Waals surface area contributed by atoms with Crippen molar-refractivity contribution in [2.45, 2.75) is 57.3 Å². The van der Waals surface area contributed by atoms with E-state index in [4.69, 9.17) is 0 Å². The van der Waals surface area contributed by atoms with E-state index < -0.39 is 0 Å². The van der Waals surface area contributed by atoms with Gasteiger partial charge in [-0.15, -0.1) is 0 Å². The van der Waals surface area contributed by atoms with Crippen molar-refractivity contribution >= 4 is 0 Å². The van der Waals surface area contributed by atoms with Gasteiger partial charge < -0.3 is 0 Å². The van der Waals surface area contributed by atoms with Crippen molar-refractivity contribution in [3.63, 3.8) is 0 Å². The molecular weight excluding hydrogens is 324 g/mol. The average Bonchev–Trinajstić information content (AvgIpc) is 2.69. The lowest BCUT2D eigenvalue weighted by atomic mass is 9.64. The van der Waals surface area contributed by atoms with Gasteiger partial charge in [0, 0.05) is 0 Å². The fourth-order valence-electron chi connectivity index (χ4n) is 4.67. The van der Waals surface area contributed by atoms with E-state index in [0.29, 0.717) is 5.92 Å². The Labute approximate surface area is 165 Å². The van der Waals surface area contributed by atoms with Crippen molar-refractivity contribution in [2.75, 3.05) is 0 Å². The molecule has 3 aromatic carbocycles. The van der Waals surface area contributed by atoms with Crippen LogP contribution in [0.2, 0.25) is 0 Å². The highest BCUT2D eigenvalue weighted by Crippen LogP contribution is 2.44. The lowest BCUT2D eigenvalue weighted by Crippen LogP contribution is -2.33. The van der Waals surface area contributed by atoms with Crippen LogP contribution in [0.3, 0.4) is 0 Å². The van der Waals surface area contributed by atoms with Crippen LogP contribution in [0, 0.1) is 0 Å². The van der Waals surface area contributed by atoms with E-state index in [1.807, 2.05) is 0 Å². The first-order chi connectivity index (χ1) is 12.9. The first-order valence-electron chi connectivity index (χ1n) is 10.1. The lowest BCUT2D eigenvalue weighted by molar-refractivity contribution is 0.293. The number of hydrogen-bond donors (Lipinski definition) is 0. The molecule has 3 rings (SSSR count). The Balaban J connectivity index is 1.93. The predicted molar refractivity (Wildman–Crippen MR) is 117 cm³/mol. The van der Waals surface area contributed by atoms with Gasteiger partial charge in [0.2, 0.25) is 0 Å². The smallest absolute Gasteiger partial charge is 0.00613 e. The van der Waals surface area contributed by atoms with Gasteiger partial charge in [-0.25, -0.2) is 0 Å². The van der Waals surface area contributed by atoms with Crippen LogP contribution in [-0.4, -0.2) is 0 Å². The minimum atomic E-state index is 0.107. The van der Waals surface area contributed by atoms with Crippen molar-refractivity contribution < 1.29 is 0 Å². The zero-order chi connectivity index (χ0) is 19.3. The normalized spacial score (nSPS) is 15.1. The second kappa shape index (κ2) is 8.13. The summed E-state index contributed by atoms with van der Waals surface area (Å²) < 4.78 is 0. The molecule has 0 bridgehead atoms. The summed E-state index contributed by atoms with van der Waals surface area (Å²) in [6.07, 6.45) is 2.25. The lowest BCUT2D eigenvalue weighted by Gasteiger charge is -2.40. The number of rotatable bonds is 7. The second-order valence-electron chi connectivity index (χ2n) is 8.87. The van der Waals surface area contributed by atoms with E-state index in [-0.39, 0.29) is 10.8 Å². The van der Waals surface area contributed by atoms with E-state index in [2.05, 4.69) is 119 Å². The van der Waals surface area contributed by atoms with Gasteiger partial charge in [0.25, 0.3) is 0 Å². The van der Waals surface area contributed by atoms with Gasteiger partial charge in [0.15, 0.2) is 0 Å². The molecule has 0 amide bonds. The number of benzene rings is 3. The van der Waals surface area contributed by atoms with Crippen molar-refractivity contribution in [1.82, 2.24) is 0 Å². The largest absolute Gasteiger partial charge is 0.0622 e. The van der Waals surface area contributed by atoms with Crippen molar-refractivity contribution in [3.05, 3.63) is 108 Å². The van der Waals surface area contributed by atoms with Gasteiger partial charge in [-0.1, -0.05) is 119 Å². The third kappa shape index (κ3) is 4.69. The van der Waals surface area contributed by atoms with Gasteiger partial charge in [-0.3, -0.25) is 0 Å².